The van der Waals surface area contributed by atoms with Crippen molar-refractivity contribution in [3.8, 4) is 0 Å². The standard InChI is InChI=1S/C13H25NO3/c1-5-11-10(9-15)7-6-8-14(11)12(16)17-13(2,3)4/h10-11,15H,5-9H2,1-4H3/t10-,11?/m1/s1. The third kappa shape index (κ3) is 3.87. The predicted molar refractivity (Wildman–Crippen MR) is 66.8 cm³/mol. The second kappa shape index (κ2) is 5.71. The van der Waals surface area contributed by atoms with Crippen molar-refractivity contribution < 1.29 is 14.6 Å². The fourth-order valence-corrected chi connectivity index (χ4v) is 2.45. The van der Waals surface area contributed by atoms with Crippen molar-refractivity contribution in [1.29, 1.82) is 0 Å². The number of carbonyl (C=O) groups is 1. The Morgan fingerprint density at radius 3 is 2.59 bits per heavy atom. The molecule has 17 heavy (non-hydrogen) atoms. The molecule has 1 amide bonds. The molecule has 100 valence electrons. The van der Waals surface area contributed by atoms with Crippen LogP contribution in [0.15, 0.2) is 0 Å². The molecule has 2 atom stereocenters. The first-order chi connectivity index (χ1) is 7.89. The number of aliphatic hydroxyl groups excluding tert-OH is 1. The lowest BCUT2D eigenvalue weighted by molar-refractivity contribution is -0.00724. The lowest BCUT2D eigenvalue weighted by atomic mass is 9.88. The highest BCUT2D eigenvalue weighted by atomic mass is 16.6. The first kappa shape index (κ1) is 14.3. The van der Waals surface area contributed by atoms with E-state index in [4.69, 9.17) is 4.74 Å². The number of hydrogen-bond donors (Lipinski definition) is 1. The first-order valence-corrected chi connectivity index (χ1v) is 6.49. The molecule has 0 aromatic rings. The van der Waals surface area contributed by atoms with Crippen molar-refractivity contribution >= 4 is 6.09 Å². The molecule has 0 bridgehead atoms. The van der Waals surface area contributed by atoms with Crippen LogP contribution in [-0.4, -0.2) is 40.9 Å². The average Bonchev–Trinajstić information content (AvgIpc) is 2.25. The molecular formula is C13H25NO3. The molecule has 1 unspecified atom stereocenters. The van der Waals surface area contributed by atoms with Crippen LogP contribution in [0.4, 0.5) is 4.79 Å². The van der Waals surface area contributed by atoms with Gasteiger partial charge in [0.25, 0.3) is 0 Å². The molecule has 0 aromatic carbocycles. The summed E-state index contributed by atoms with van der Waals surface area (Å²) in [5.41, 5.74) is -0.457. The largest absolute Gasteiger partial charge is 0.444 e. The number of piperidine rings is 1. The summed E-state index contributed by atoms with van der Waals surface area (Å²) in [6, 6.07) is 0.114. The number of likely N-dealkylation sites (tertiary alicyclic amines) is 1. The number of nitrogens with zero attached hydrogens (tertiary/aromatic N) is 1. The summed E-state index contributed by atoms with van der Waals surface area (Å²) in [5.74, 6) is 0.196. The molecule has 4 heteroatoms. The number of hydrogen-bond acceptors (Lipinski definition) is 3. The van der Waals surface area contributed by atoms with Gasteiger partial charge in [-0.05, 0) is 40.0 Å². The fourth-order valence-electron chi connectivity index (χ4n) is 2.45. The molecule has 0 aromatic heterocycles. The van der Waals surface area contributed by atoms with Gasteiger partial charge in [-0.15, -0.1) is 0 Å². The molecule has 1 aliphatic rings. The Labute approximate surface area is 104 Å². The van der Waals surface area contributed by atoms with Gasteiger partial charge in [-0.3, -0.25) is 0 Å². The van der Waals surface area contributed by atoms with E-state index in [0.717, 1.165) is 25.8 Å². The summed E-state index contributed by atoms with van der Waals surface area (Å²) in [6.07, 6.45) is 2.56. The fraction of sp³-hybridized carbons (Fsp3) is 0.923. The average molecular weight is 243 g/mol. The highest BCUT2D eigenvalue weighted by molar-refractivity contribution is 5.68. The van der Waals surface area contributed by atoms with Crippen LogP contribution in [0.1, 0.15) is 47.0 Å². The minimum atomic E-state index is -0.457. The Morgan fingerprint density at radius 2 is 2.12 bits per heavy atom. The normalized spacial score (nSPS) is 25.8. The second-order valence-corrected chi connectivity index (χ2v) is 5.73. The molecule has 1 fully saturated rings. The molecule has 1 saturated heterocycles. The molecule has 1 aliphatic heterocycles. The maximum absolute atomic E-state index is 12.1. The first-order valence-electron chi connectivity index (χ1n) is 6.49. The van der Waals surface area contributed by atoms with Crippen LogP contribution >= 0.6 is 0 Å². The zero-order valence-electron chi connectivity index (χ0n) is 11.4. The topological polar surface area (TPSA) is 49.8 Å². The summed E-state index contributed by atoms with van der Waals surface area (Å²) in [4.78, 5) is 13.9. The van der Waals surface area contributed by atoms with E-state index in [2.05, 4.69) is 6.92 Å². The van der Waals surface area contributed by atoms with E-state index in [1.165, 1.54) is 0 Å². The van der Waals surface area contributed by atoms with E-state index in [-0.39, 0.29) is 24.7 Å². The number of amides is 1. The van der Waals surface area contributed by atoms with E-state index < -0.39 is 5.60 Å². The van der Waals surface area contributed by atoms with Gasteiger partial charge in [0.15, 0.2) is 0 Å². The minimum Gasteiger partial charge on any atom is -0.444 e. The molecule has 1 heterocycles. The Bertz CT molecular complexity index is 260. The monoisotopic (exact) mass is 243 g/mol. The van der Waals surface area contributed by atoms with Gasteiger partial charge in [-0.2, -0.15) is 0 Å². The van der Waals surface area contributed by atoms with E-state index >= 15 is 0 Å². The summed E-state index contributed by atoms with van der Waals surface area (Å²) < 4.78 is 5.41. The van der Waals surface area contributed by atoms with Crippen LogP contribution in [-0.2, 0) is 4.74 Å². The Hall–Kier alpha value is -0.770. The zero-order chi connectivity index (χ0) is 13.1. The van der Waals surface area contributed by atoms with Crippen molar-refractivity contribution in [3.05, 3.63) is 0 Å². The van der Waals surface area contributed by atoms with Crippen molar-refractivity contribution in [2.75, 3.05) is 13.2 Å². The Morgan fingerprint density at radius 1 is 1.47 bits per heavy atom. The smallest absolute Gasteiger partial charge is 0.410 e. The summed E-state index contributed by atoms with van der Waals surface area (Å²) in [6.45, 7) is 8.57. The minimum absolute atomic E-state index is 0.114. The highest BCUT2D eigenvalue weighted by Gasteiger charge is 2.34. The van der Waals surface area contributed by atoms with Gasteiger partial charge in [0.05, 0.1) is 0 Å². The van der Waals surface area contributed by atoms with E-state index in [9.17, 15) is 9.90 Å². The van der Waals surface area contributed by atoms with Gasteiger partial charge in [0.1, 0.15) is 5.60 Å². The van der Waals surface area contributed by atoms with Crippen LogP contribution in [0.25, 0.3) is 0 Å². The molecule has 0 spiro atoms. The second-order valence-electron chi connectivity index (χ2n) is 5.73. The van der Waals surface area contributed by atoms with Gasteiger partial charge in [0.2, 0.25) is 0 Å². The molecule has 0 aliphatic carbocycles. The maximum atomic E-state index is 12.1. The van der Waals surface area contributed by atoms with Crippen molar-refractivity contribution in [3.63, 3.8) is 0 Å². The number of rotatable bonds is 2. The number of carbonyl (C=O) groups excluding carboxylic acids is 1. The van der Waals surface area contributed by atoms with Gasteiger partial charge in [-0.1, -0.05) is 6.92 Å². The van der Waals surface area contributed by atoms with Crippen molar-refractivity contribution in [2.24, 2.45) is 5.92 Å². The van der Waals surface area contributed by atoms with Crippen molar-refractivity contribution in [2.45, 2.75) is 58.6 Å². The molecule has 0 radical (unpaired) electrons. The predicted octanol–water partition coefficient (Wildman–Crippen LogP) is 2.40. The SMILES string of the molecule is CCC1[C@@H](CO)CCCN1C(=O)OC(C)(C)C. The zero-order valence-corrected chi connectivity index (χ0v) is 11.4. The third-order valence-corrected chi connectivity index (χ3v) is 3.20. The summed E-state index contributed by atoms with van der Waals surface area (Å²) >= 11 is 0. The lowest BCUT2D eigenvalue weighted by Gasteiger charge is -2.40. The van der Waals surface area contributed by atoms with E-state index in [1.54, 1.807) is 4.90 Å². The van der Waals surface area contributed by atoms with Gasteiger partial charge in [-0.25, -0.2) is 4.79 Å². The Balaban J connectivity index is 2.70. The van der Waals surface area contributed by atoms with Gasteiger partial charge in [0, 0.05) is 25.1 Å². The van der Waals surface area contributed by atoms with Gasteiger partial charge >= 0.3 is 6.09 Å². The van der Waals surface area contributed by atoms with Crippen LogP contribution < -0.4 is 0 Å². The molecule has 0 saturated carbocycles. The van der Waals surface area contributed by atoms with Crippen molar-refractivity contribution in [1.82, 2.24) is 4.90 Å². The third-order valence-electron chi connectivity index (χ3n) is 3.20. The van der Waals surface area contributed by atoms with Crippen LogP contribution in [0.3, 0.4) is 0 Å². The molecular weight excluding hydrogens is 218 g/mol. The highest BCUT2D eigenvalue weighted by Crippen LogP contribution is 2.27. The van der Waals surface area contributed by atoms with E-state index in [0.29, 0.717) is 0 Å². The number of aliphatic hydroxyl groups is 1. The molecule has 1 rings (SSSR count). The van der Waals surface area contributed by atoms with Crippen LogP contribution in [0, 0.1) is 5.92 Å². The van der Waals surface area contributed by atoms with Crippen LogP contribution in [0.5, 0.6) is 0 Å². The molecule has 1 N–H and O–H groups in total. The van der Waals surface area contributed by atoms with Gasteiger partial charge < -0.3 is 14.7 Å². The Kier molecular flexibility index (Phi) is 4.80. The number of ether oxygens (including phenoxy) is 1. The summed E-state index contributed by atoms with van der Waals surface area (Å²) in [7, 11) is 0. The molecule has 4 nitrogen and oxygen atoms in total. The maximum Gasteiger partial charge on any atom is 0.410 e. The quantitative estimate of drug-likeness (QED) is 0.810. The lowest BCUT2D eigenvalue weighted by Crippen LogP contribution is -2.50. The van der Waals surface area contributed by atoms with E-state index in [1.807, 2.05) is 20.8 Å². The van der Waals surface area contributed by atoms with Crippen LogP contribution in [0.2, 0.25) is 0 Å². The summed E-state index contributed by atoms with van der Waals surface area (Å²) in [5, 5.41) is 9.35.